The molecule has 2 saturated heterocycles. The summed E-state index contributed by atoms with van der Waals surface area (Å²) < 4.78 is 27.4. The average Bonchev–Trinajstić information content (AvgIpc) is 3.32. The van der Waals surface area contributed by atoms with Gasteiger partial charge in [0.1, 0.15) is 4.90 Å². The smallest absolute Gasteiger partial charge is 0.253 e. The minimum absolute atomic E-state index is 0.0279. The van der Waals surface area contributed by atoms with Crippen LogP contribution >= 0.6 is 11.6 Å². The van der Waals surface area contributed by atoms with Crippen LogP contribution in [0.3, 0.4) is 0 Å². The standard InChI is InChI=1S/C23H28ClN3O3S/c1-18-6-2-3-7-20(18)17-25-12-14-26(15-13-25)23(28)19-8-9-21(24)22(16-19)31(29,30)27-10-4-5-11-27/h2-3,6-9,16H,4-5,10-15,17H2,1H3. The van der Waals surface area contributed by atoms with E-state index in [-0.39, 0.29) is 15.8 Å². The Morgan fingerprint density at radius 3 is 2.32 bits per heavy atom. The summed E-state index contributed by atoms with van der Waals surface area (Å²) in [4.78, 5) is 17.3. The number of rotatable bonds is 5. The van der Waals surface area contributed by atoms with Crippen molar-refractivity contribution < 1.29 is 13.2 Å². The van der Waals surface area contributed by atoms with E-state index in [1.807, 2.05) is 6.07 Å². The van der Waals surface area contributed by atoms with Gasteiger partial charge in [-0.3, -0.25) is 9.69 Å². The molecule has 8 heteroatoms. The molecule has 0 aromatic heterocycles. The van der Waals surface area contributed by atoms with E-state index in [9.17, 15) is 13.2 Å². The topological polar surface area (TPSA) is 60.9 Å². The number of hydrogen-bond acceptors (Lipinski definition) is 4. The maximum atomic E-state index is 13.1. The number of hydrogen-bond donors (Lipinski definition) is 0. The summed E-state index contributed by atoms with van der Waals surface area (Å²) in [5.41, 5.74) is 2.94. The zero-order valence-corrected chi connectivity index (χ0v) is 19.3. The van der Waals surface area contributed by atoms with Crippen LogP contribution in [-0.2, 0) is 16.6 Å². The number of carbonyl (C=O) groups excluding carboxylic acids is 1. The molecule has 0 aliphatic carbocycles. The molecule has 1 amide bonds. The van der Waals surface area contributed by atoms with Crippen molar-refractivity contribution in [3.63, 3.8) is 0 Å². The predicted octanol–water partition coefficient (Wildman–Crippen LogP) is 3.39. The van der Waals surface area contributed by atoms with Crippen LogP contribution in [-0.4, -0.2) is 67.7 Å². The third kappa shape index (κ3) is 4.80. The van der Waals surface area contributed by atoms with Crippen LogP contribution in [0.1, 0.15) is 34.3 Å². The highest BCUT2D eigenvalue weighted by molar-refractivity contribution is 7.89. The summed E-state index contributed by atoms with van der Waals surface area (Å²) in [7, 11) is -3.68. The van der Waals surface area contributed by atoms with E-state index in [1.165, 1.54) is 27.6 Å². The van der Waals surface area contributed by atoms with E-state index in [1.54, 1.807) is 11.0 Å². The molecular formula is C23H28ClN3O3S. The molecule has 31 heavy (non-hydrogen) atoms. The lowest BCUT2D eigenvalue weighted by Gasteiger charge is -2.35. The number of sulfonamides is 1. The number of halogens is 1. The van der Waals surface area contributed by atoms with E-state index >= 15 is 0 Å². The van der Waals surface area contributed by atoms with Gasteiger partial charge in [-0.05, 0) is 49.1 Å². The van der Waals surface area contributed by atoms with Crippen molar-refractivity contribution in [2.24, 2.45) is 0 Å². The SMILES string of the molecule is Cc1ccccc1CN1CCN(C(=O)c2ccc(Cl)c(S(=O)(=O)N3CCCC3)c2)CC1. The Morgan fingerprint density at radius 1 is 0.968 bits per heavy atom. The zero-order chi connectivity index (χ0) is 22.0. The van der Waals surface area contributed by atoms with Crippen LogP contribution in [0.5, 0.6) is 0 Å². The summed E-state index contributed by atoms with van der Waals surface area (Å²) in [5, 5.41) is 0.159. The Labute approximate surface area is 189 Å². The average molecular weight is 462 g/mol. The second-order valence-electron chi connectivity index (χ2n) is 8.25. The zero-order valence-electron chi connectivity index (χ0n) is 17.8. The maximum Gasteiger partial charge on any atom is 0.253 e. The van der Waals surface area contributed by atoms with E-state index in [0.29, 0.717) is 31.7 Å². The van der Waals surface area contributed by atoms with E-state index in [2.05, 4.69) is 30.0 Å². The lowest BCUT2D eigenvalue weighted by atomic mass is 10.1. The van der Waals surface area contributed by atoms with Gasteiger partial charge in [0, 0.05) is 51.4 Å². The number of piperazine rings is 1. The first-order valence-corrected chi connectivity index (χ1v) is 12.5. The minimum atomic E-state index is -3.68. The van der Waals surface area contributed by atoms with Gasteiger partial charge in [-0.1, -0.05) is 35.9 Å². The van der Waals surface area contributed by atoms with Crippen LogP contribution in [0.4, 0.5) is 0 Å². The molecule has 0 saturated carbocycles. The quantitative estimate of drug-likeness (QED) is 0.684. The van der Waals surface area contributed by atoms with Gasteiger partial charge in [0.25, 0.3) is 5.91 Å². The van der Waals surface area contributed by atoms with Gasteiger partial charge in [0.05, 0.1) is 5.02 Å². The lowest BCUT2D eigenvalue weighted by molar-refractivity contribution is 0.0628. The largest absolute Gasteiger partial charge is 0.336 e. The molecule has 0 unspecified atom stereocenters. The first-order chi connectivity index (χ1) is 14.9. The third-order valence-corrected chi connectivity index (χ3v) is 8.56. The molecule has 2 aliphatic rings. The third-order valence-electron chi connectivity index (χ3n) is 6.18. The van der Waals surface area contributed by atoms with Crippen LogP contribution in [0, 0.1) is 6.92 Å². The normalized spacial score (nSPS) is 18.5. The van der Waals surface area contributed by atoms with Gasteiger partial charge in [0.2, 0.25) is 10.0 Å². The molecule has 2 aliphatic heterocycles. The van der Waals surface area contributed by atoms with Crippen molar-refractivity contribution in [3.8, 4) is 0 Å². The monoisotopic (exact) mass is 461 g/mol. The predicted molar refractivity (Wildman–Crippen MR) is 122 cm³/mol. The molecule has 0 bridgehead atoms. The van der Waals surface area contributed by atoms with E-state index in [0.717, 1.165) is 32.5 Å². The Kier molecular flexibility index (Phi) is 6.67. The van der Waals surface area contributed by atoms with E-state index < -0.39 is 10.0 Å². The number of benzene rings is 2. The fraction of sp³-hybridized carbons (Fsp3) is 0.435. The van der Waals surface area contributed by atoms with Crippen molar-refractivity contribution in [1.29, 1.82) is 0 Å². The molecule has 2 fully saturated rings. The summed E-state index contributed by atoms with van der Waals surface area (Å²) in [6.45, 7) is 6.78. The van der Waals surface area contributed by atoms with Crippen LogP contribution in [0.25, 0.3) is 0 Å². The van der Waals surface area contributed by atoms with Crippen molar-refractivity contribution >= 4 is 27.5 Å². The summed E-state index contributed by atoms with van der Waals surface area (Å²) in [5.74, 6) is -0.148. The van der Waals surface area contributed by atoms with Crippen molar-refractivity contribution in [2.45, 2.75) is 31.2 Å². The Hall–Kier alpha value is -1.93. The van der Waals surface area contributed by atoms with Crippen molar-refractivity contribution in [2.75, 3.05) is 39.3 Å². The van der Waals surface area contributed by atoms with Gasteiger partial charge < -0.3 is 4.90 Å². The Morgan fingerprint density at radius 2 is 1.65 bits per heavy atom. The molecule has 2 aromatic rings. The number of carbonyl (C=O) groups is 1. The second kappa shape index (κ2) is 9.28. The molecule has 2 aromatic carbocycles. The molecule has 2 heterocycles. The van der Waals surface area contributed by atoms with Crippen LogP contribution < -0.4 is 0 Å². The molecule has 0 atom stereocenters. The summed E-state index contributed by atoms with van der Waals surface area (Å²) in [6.07, 6.45) is 1.70. The van der Waals surface area contributed by atoms with Gasteiger partial charge in [0.15, 0.2) is 0 Å². The molecular weight excluding hydrogens is 434 g/mol. The van der Waals surface area contributed by atoms with Gasteiger partial charge >= 0.3 is 0 Å². The Bertz CT molecular complexity index is 1060. The number of nitrogens with zero attached hydrogens (tertiary/aromatic N) is 3. The van der Waals surface area contributed by atoms with Crippen molar-refractivity contribution in [1.82, 2.24) is 14.1 Å². The van der Waals surface area contributed by atoms with Gasteiger partial charge in [-0.25, -0.2) is 8.42 Å². The van der Waals surface area contributed by atoms with Crippen molar-refractivity contribution in [3.05, 3.63) is 64.2 Å². The lowest BCUT2D eigenvalue weighted by Crippen LogP contribution is -2.48. The number of aryl methyl sites for hydroxylation is 1. The number of amides is 1. The molecule has 6 nitrogen and oxygen atoms in total. The van der Waals surface area contributed by atoms with E-state index in [4.69, 9.17) is 11.6 Å². The van der Waals surface area contributed by atoms with Gasteiger partial charge in [-0.2, -0.15) is 4.31 Å². The van der Waals surface area contributed by atoms with Crippen LogP contribution in [0.15, 0.2) is 47.4 Å². The molecule has 0 spiro atoms. The first-order valence-electron chi connectivity index (χ1n) is 10.7. The Balaban J connectivity index is 1.44. The minimum Gasteiger partial charge on any atom is -0.336 e. The summed E-state index contributed by atoms with van der Waals surface area (Å²) in [6, 6.07) is 12.9. The first kappa shape index (κ1) is 22.3. The highest BCUT2D eigenvalue weighted by Crippen LogP contribution is 2.28. The highest BCUT2D eigenvalue weighted by atomic mass is 35.5. The fourth-order valence-corrected chi connectivity index (χ4v) is 6.24. The molecule has 0 N–H and O–H groups in total. The summed E-state index contributed by atoms with van der Waals surface area (Å²) >= 11 is 6.22. The second-order valence-corrected chi connectivity index (χ2v) is 10.6. The molecule has 4 rings (SSSR count). The molecule has 166 valence electrons. The maximum absolute atomic E-state index is 13.1. The van der Waals surface area contributed by atoms with Gasteiger partial charge in [-0.15, -0.1) is 0 Å². The fourth-order valence-electron chi connectivity index (χ4n) is 4.22. The highest BCUT2D eigenvalue weighted by Gasteiger charge is 2.30. The van der Waals surface area contributed by atoms with Crippen LogP contribution in [0.2, 0.25) is 5.02 Å². The molecule has 0 radical (unpaired) electrons.